The van der Waals surface area contributed by atoms with Crippen molar-refractivity contribution in [3.8, 4) is 0 Å². The average molecular weight is 414 g/mol. The third kappa shape index (κ3) is 4.28. The smallest absolute Gasteiger partial charge is 0.255 e. The molecule has 3 rings (SSSR count). The Kier molecular flexibility index (Phi) is 6.08. The van der Waals surface area contributed by atoms with Crippen LogP contribution in [0.3, 0.4) is 0 Å². The van der Waals surface area contributed by atoms with Crippen LogP contribution in [0.2, 0.25) is 5.02 Å². The Labute approximate surface area is 164 Å². The van der Waals surface area contributed by atoms with Crippen molar-refractivity contribution in [2.24, 2.45) is 5.92 Å². The first kappa shape index (κ1) is 20.1. The third-order valence-electron chi connectivity index (χ3n) is 5.33. The van der Waals surface area contributed by atoms with E-state index in [-0.39, 0.29) is 33.2 Å². The summed E-state index contributed by atoms with van der Waals surface area (Å²) in [6, 6.07) is 4.08. The van der Waals surface area contributed by atoms with Crippen LogP contribution in [0.25, 0.3) is 0 Å². The third-order valence-corrected chi connectivity index (χ3v) is 7.07. The first-order chi connectivity index (χ1) is 12.8. The minimum Gasteiger partial charge on any atom is -0.339 e. The normalized spacial score (nSPS) is 18.7. The standard InChI is InChI=1S/C18H24ClN3O4S/c1-20-27(25,26)14-6-7-16(19)15(12-14)18(24)22-10-8-21(9-11-22)17(23)13-4-2-3-5-13/h6-7,12-13,20H,2-5,8-11H2,1H3. The zero-order valence-electron chi connectivity index (χ0n) is 15.3. The molecule has 0 atom stereocenters. The molecule has 1 aliphatic heterocycles. The molecule has 9 heteroatoms. The number of hydrogen-bond donors (Lipinski definition) is 1. The van der Waals surface area contributed by atoms with Gasteiger partial charge in [-0.25, -0.2) is 13.1 Å². The summed E-state index contributed by atoms with van der Waals surface area (Å²) >= 11 is 6.14. The van der Waals surface area contributed by atoms with Gasteiger partial charge in [0.25, 0.3) is 5.91 Å². The van der Waals surface area contributed by atoms with Crippen molar-refractivity contribution in [1.29, 1.82) is 0 Å². The fourth-order valence-electron chi connectivity index (χ4n) is 3.68. The zero-order valence-corrected chi connectivity index (χ0v) is 16.9. The van der Waals surface area contributed by atoms with Gasteiger partial charge in [-0.15, -0.1) is 0 Å². The van der Waals surface area contributed by atoms with Gasteiger partial charge in [-0.1, -0.05) is 24.4 Å². The van der Waals surface area contributed by atoms with E-state index in [1.54, 1.807) is 4.90 Å². The summed E-state index contributed by atoms with van der Waals surface area (Å²) in [6.07, 6.45) is 4.14. The molecule has 2 amide bonds. The number of nitrogens with one attached hydrogen (secondary N) is 1. The van der Waals surface area contributed by atoms with Crippen LogP contribution < -0.4 is 4.72 Å². The number of hydrogen-bond acceptors (Lipinski definition) is 4. The summed E-state index contributed by atoms with van der Waals surface area (Å²) in [7, 11) is -2.35. The Morgan fingerprint density at radius 1 is 1.07 bits per heavy atom. The Hall–Kier alpha value is -1.64. The molecule has 1 heterocycles. The van der Waals surface area contributed by atoms with Crippen molar-refractivity contribution in [1.82, 2.24) is 14.5 Å². The molecular weight excluding hydrogens is 390 g/mol. The number of carbonyl (C=O) groups is 2. The number of halogens is 1. The van der Waals surface area contributed by atoms with Crippen molar-refractivity contribution in [2.75, 3.05) is 33.2 Å². The van der Waals surface area contributed by atoms with Crippen LogP contribution in [0.5, 0.6) is 0 Å². The monoisotopic (exact) mass is 413 g/mol. The lowest BCUT2D eigenvalue weighted by molar-refractivity contribution is -0.136. The quantitative estimate of drug-likeness (QED) is 0.814. The van der Waals surface area contributed by atoms with E-state index in [1.165, 1.54) is 25.2 Å². The lowest BCUT2D eigenvalue weighted by atomic mass is 10.1. The van der Waals surface area contributed by atoms with Crippen LogP contribution in [-0.4, -0.2) is 63.3 Å². The van der Waals surface area contributed by atoms with Gasteiger partial charge in [-0.2, -0.15) is 0 Å². The van der Waals surface area contributed by atoms with Gasteiger partial charge in [-0.3, -0.25) is 9.59 Å². The van der Waals surface area contributed by atoms with E-state index in [2.05, 4.69) is 4.72 Å². The number of benzene rings is 1. The van der Waals surface area contributed by atoms with Gasteiger partial charge in [0.2, 0.25) is 15.9 Å². The minimum absolute atomic E-state index is 0.00667. The molecule has 2 fully saturated rings. The van der Waals surface area contributed by atoms with Crippen molar-refractivity contribution in [2.45, 2.75) is 30.6 Å². The highest BCUT2D eigenvalue weighted by atomic mass is 35.5. The molecule has 1 aromatic carbocycles. The SMILES string of the molecule is CNS(=O)(=O)c1ccc(Cl)c(C(=O)N2CCN(C(=O)C3CCCC3)CC2)c1. The molecule has 0 radical (unpaired) electrons. The maximum absolute atomic E-state index is 12.8. The minimum atomic E-state index is -3.66. The molecule has 1 aromatic rings. The molecule has 7 nitrogen and oxygen atoms in total. The molecule has 0 unspecified atom stereocenters. The molecule has 0 spiro atoms. The Morgan fingerprint density at radius 3 is 2.26 bits per heavy atom. The Balaban J connectivity index is 1.69. The summed E-state index contributed by atoms with van der Waals surface area (Å²) < 4.78 is 26.2. The van der Waals surface area contributed by atoms with E-state index in [0.29, 0.717) is 26.2 Å². The van der Waals surface area contributed by atoms with Gasteiger partial charge in [-0.05, 0) is 38.1 Å². The number of piperazine rings is 1. The van der Waals surface area contributed by atoms with Crippen LogP contribution in [0, 0.1) is 5.92 Å². The van der Waals surface area contributed by atoms with Crippen LogP contribution in [-0.2, 0) is 14.8 Å². The van der Waals surface area contributed by atoms with E-state index >= 15 is 0 Å². The fraction of sp³-hybridized carbons (Fsp3) is 0.556. The molecule has 1 saturated heterocycles. The highest BCUT2D eigenvalue weighted by Gasteiger charge is 2.31. The van der Waals surface area contributed by atoms with Gasteiger partial charge in [0, 0.05) is 32.1 Å². The van der Waals surface area contributed by atoms with E-state index in [9.17, 15) is 18.0 Å². The first-order valence-corrected chi connectivity index (χ1v) is 11.0. The predicted molar refractivity (Wildman–Crippen MR) is 102 cm³/mol. The summed E-state index contributed by atoms with van der Waals surface area (Å²) in [5, 5.41) is 0.208. The number of amides is 2. The van der Waals surface area contributed by atoms with Gasteiger partial charge >= 0.3 is 0 Å². The van der Waals surface area contributed by atoms with E-state index in [1.807, 2.05) is 4.90 Å². The van der Waals surface area contributed by atoms with Crippen LogP contribution in [0.1, 0.15) is 36.0 Å². The molecule has 0 bridgehead atoms. The highest BCUT2D eigenvalue weighted by Crippen LogP contribution is 2.27. The maximum atomic E-state index is 12.8. The van der Waals surface area contributed by atoms with Crippen molar-refractivity contribution < 1.29 is 18.0 Å². The fourth-order valence-corrected chi connectivity index (χ4v) is 4.64. The molecule has 148 valence electrons. The second-order valence-corrected chi connectivity index (χ2v) is 9.24. The van der Waals surface area contributed by atoms with Crippen LogP contribution >= 0.6 is 11.6 Å². The van der Waals surface area contributed by atoms with E-state index < -0.39 is 10.0 Å². The summed E-state index contributed by atoms with van der Waals surface area (Å²) in [5.74, 6) is 0.00555. The zero-order chi connectivity index (χ0) is 19.6. The van der Waals surface area contributed by atoms with Gasteiger partial charge < -0.3 is 9.80 Å². The number of sulfonamides is 1. The largest absolute Gasteiger partial charge is 0.339 e. The number of nitrogens with zero attached hydrogens (tertiary/aromatic N) is 2. The summed E-state index contributed by atoms with van der Waals surface area (Å²) in [6.45, 7) is 1.81. The highest BCUT2D eigenvalue weighted by molar-refractivity contribution is 7.89. The molecule has 2 aliphatic rings. The summed E-state index contributed by atoms with van der Waals surface area (Å²) in [4.78, 5) is 28.8. The summed E-state index contributed by atoms with van der Waals surface area (Å²) in [5.41, 5.74) is 0.156. The molecule has 0 aromatic heterocycles. The lowest BCUT2D eigenvalue weighted by Gasteiger charge is -2.36. The second-order valence-electron chi connectivity index (χ2n) is 6.95. The molecule has 1 N–H and O–H groups in total. The lowest BCUT2D eigenvalue weighted by Crippen LogP contribution is -2.51. The molecular formula is C18H24ClN3O4S. The van der Waals surface area contributed by atoms with Crippen molar-refractivity contribution in [3.63, 3.8) is 0 Å². The maximum Gasteiger partial charge on any atom is 0.255 e. The van der Waals surface area contributed by atoms with Crippen LogP contribution in [0.15, 0.2) is 23.1 Å². The second kappa shape index (κ2) is 8.16. The van der Waals surface area contributed by atoms with Gasteiger partial charge in [0.05, 0.1) is 15.5 Å². The van der Waals surface area contributed by atoms with Crippen LogP contribution in [0.4, 0.5) is 0 Å². The van der Waals surface area contributed by atoms with E-state index in [0.717, 1.165) is 25.7 Å². The predicted octanol–water partition coefficient (Wildman–Crippen LogP) is 1.72. The van der Waals surface area contributed by atoms with Gasteiger partial charge in [0.15, 0.2) is 0 Å². The Morgan fingerprint density at radius 2 is 1.67 bits per heavy atom. The first-order valence-electron chi connectivity index (χ1n) is 9.14. The average Bonchev–Trinajstić information content (AvgIpc) is 3.22. The Bertz CT molecular complexity index is 829. The van der Waals surface area contributed by atoms with Crippen molar-refractivity contribution in [3.05, 3.63) is 28.8 Å². The van der Waals surface area contributed by atoms with Crippen molar-refractivity contribution >= 4 is 33.4 Å². The molecule has 1 saturated carbocycles. The molecule has 1 aliphatic carbocycles. The van der Waals surface area contributed by atoms with Gasteiger partial charge in [0.1, 0.15) is 0 Å². The number of carbonyl (C=O) groups excluding carboxylic acids is 2. The number of rotatable bonds is 4. The topological polar surface area (TPSA) is 86.8 Å². The molecule has 27 heavy (non-hydrogen) atoms. The van der Waals surface area contributed by atoms with E-state index in [4.69, 9.17) is 11.6 Å².